The number of thioether (sulfide) groups is 1. The highest BCUT2D eigenvalue weighted by Crippen LogP contribution is 2.04. The summed E-state index contributed by atoms with van der Waals surface area (Å²) in [6.45, 7) is 1.69. The van der Waals surface area contributed by atoms with E-state index < -0.39 is 60.2 Å². The number of hydrogen-bond acceptors (Lipinski definition) is 8. The van der Waals surface area contributed by atoms with Crippen LogP contribution >= 0.6 is 11.8 Å². The highest BCUT2D eigenvalue weighted by molar-refractivity contribution is 7.98. The third-order valence-electron chi connectivity index (χ3n) is 4.29. The first-order valence-electron chi connectivity index (χ1n) is 10.0. The zero-order valence-electron chi connectivity index (χ0n) is 18.6. The second-order valence-corrected chi connectivity index (χ2v) is 8.11. The molecule has 14 nitrogen and oxygen atoms in total. The number of aliphatic imine (C=N–C) groups is 1. The number of carbonyl (C=O) groups is 5. The molecule has 0 saturated carbocycles. The van der Waals surface area contributed by atoms with E-state index in [0.29, 0.717) is 18.7 Å². The lowest BCUT2D eigenvalue weighted by Gasteiger charge is -2.23. The van der Waals surface area contributed by atoms with Gasteiger partial charge in [0, 0.05) is 6.54 Å². The molecule has 4 unspecified atom stereocenters. The summed E-state index contributed by atoms with van der Waals surface area (Å²) < 4.78 is 0. The highest BCUT2D eigenvalue weighted by Gasteiger charge is 2.29. The quantitative estimate of drug-likeness (QED) is 0.0619. The smallest absolute Gasteiger partial charge is 0.326 e. The van der Waals surface area contributed by atoms with E-state index in [4.69, 9.17) is 27.4 Å². The van der Waals surface area contributed by atoms with Gasteiger partial charge in [0.05, 0.1) is 12.5 Å². The van der Waals surface area contributed by atoms with Crippen molar-refractivity contribution in [3.05, 3.63) is 0 Å². The summed E-state index contributed by atoms with van der Waals surface area (Å²) in [5, 5.41) is 24.9. The zero-order valence-corrected chi connectivity index (χ0v) is 19.4. The molecule has 0 aromatic carbocycles. The Morgan fingerprint density at radius 1 is 0.939 bits per heavy atom. The van der Waals surface area contributed by atoms with Crippen LogP contribution < -0.4 is 33.2 Å². The van der Waals surface area contributed by atoms with Gasteiger partial charge < -0.3 is 43.4 Å². The van der Waals surface area contributed by atoms with E-state index in [1.165, 1.54) is 18.7 Å². The number of nitrogens with two attached hydrogens (primary N) is 3. The fourth-order valence-corrected chi connectivity index (χ4v) is 2.96. The van der Waals surface area contributed by atoms with Crippen molar-refractivity contribution in [2.75, 3.05) is 18.6 Å². The lowest BCUT2D eigenvalue weighted by Crippen LogP contribution is -2.56. The average Bonchev–Trinajstić information content (AvgIpc) is 2.72. The maximum atomic E-state index is 12.5. The van der Waals surface area contributed by atoms with Gasteiger partial charge in [-0.1, -0.05) is 0 Å². The Labute approximate surface area is 195 Å². The van der Waals surface area contributed by atoms with Gasteiger partial charge in [0.25, 0.3) is 0 Å². The molecule has 0 fully saturated rings. The zero-order chi connectivity index (χ0) is 25.6. The van der Waals surface area contributed by atoms with Gasteiger partial charge in [-0.05, 0) is 38.2 Å². The topological polar surface area (TPSA) is 252 Å². The molecular weight excluding hydrogens is 458 g/mol. The molecule has 0 radical (unpaired) electrons. The number of guanidine groups is 1. The number of nitrogens with one attached hydrogen (secondary N) is 3. The summed E-state index contributed by atoms with van der Waals surface area (Å²) in [4.78, 5) is 63.0. The van der Waals surface area contributed by atoms with Crippen molar-refractivity contribution >= 4 is 47.4 Å². The molecule has 0 rings (SSSR count). The number of hydrogen-bond donors (Lipinski definition) is 8. The lowest BCUT2D eigenvalue weighted by atomic mass is 10.1. The van der Waals surface area contributed by atoms with Crippen molar-refractivity contribution in [1.29, 1.82) is 0 Å². The van der Waals surface area contributed by atoms with Crippen LogP contribution in [-0.4, -0.2) is 88.6 Å². The van der Waals surface area contributed by atoms with Crippen molar-refractivity contribution in [2.45, 2.75) is 56.8 Å². The number of aliphatic carboxylic acids is 2. The van der Waals surface area contributed by atoms with Crippen LogP contribution in [0.2, 0.25) is 0 Å². The number of amides is 3. The molecule has 0 aliphatic heterocycles. The summed E-state index contributed by atoms with van der Waals surface area (Å²) in [5.74, 6) is -4.66. The summed E-state index contributed by atoms with van der Waals surface area (Å²) in [7, 11) is 0. The van der Waals surface area contributed by atoms with Gasteiger partial charge in [0.2, 0.25) is 17.7 Å². The average molecular weight is 492 g/mol. The molecule has 3 amide bonds. The second kappa shape index (κ2) is 15.7. The summed E-state index contributed by atoms with van der Waals surface area (Å²) in [5.41, 5.74) is 16.2. The molecule has 0 saturated heterocycles. The van der Waals surface area contributed by atoms with Crippen LogP contribution in [0.1, 0.15) is 32.6 Å². The van der Waals surface area contributed by atoms with Crippen molar-refractivity contribution in [3.63, 3.8) is 0 Å². The molecule has 0 aliphatic rings. The van der Waals surface area contributed by atoms with Crippen molar-refractivity contribution in [3.8, 4) is 0 Å². The molecular formula is C18H33N7O7S. The number of nitrogens with zero attached hydrogens (tertiary/aromatic N) is 1. The molecule has 4 atom stereocenters. The maximum absolute atomic E-state index is 12.5. The molecule has 0 spiro atoms. The SMILES string of the molecule is CSCCC(NC(=O)C(C)NC(=O)C(N)CCCN=C(N)N)C(=O)NC(CC(=O)O)C(=O)O. The summed E-state index contributed by atoms with van der Waals surface area (Å²) >= 11 is 1.39. The Hall–Kier alpha value is -3.07. The minimum Gasteiger partial charge on any atom is -0.481 e. The third-order valence-corrected chi connectivity index (χ3v) is 4.94. The first-order chi connectivity index (χ1) is 15.4. The maximum Gasteiger partial charge on any atom is 0.326 e. The van der Waals surface area contributed by atoms with Crippen LogP contribution in [0.5, 0.6) is 0 Å². The van der Waals surface area contributed by atoms with Crippen LogP contribution in [0.15, 0.2) is 4.99 Å². The molecule has 11 N–H and O–H groups in total. The lowest BCUT2D eigenvalue weighted by molar-refractivity contribution is -0.147. The molecule has 0 aliphatic carbocycles. The van der Waals surface area contributed by atoms with E-state index >= 15 is 0 Å². The molecule has 33 heavy (non-hydrogen) atoms. The Morgan fingerprint density at radius 3 is 2.06 bits per heavy atom. The standard InChI is InChI=1S/C18H33N7O7S/c1-9(23-15(29)10(19)4-3-6-22-18(20)21)14(28)24-11(5-7-33-2)16(30)25-12(17(31)32)8-13(26)27/h9-12H,3-8,19H2,1-2H3,(H,23,29)(H,24,28)(H,25,30)(H,26,27)(H,31,32)(H4,20,21,22). The van der Waals surface area contributed by atoms with Crippen molar-refractivity contribution < 1.29 is 34.2 Å². The van der Waals surface area contributed by atoms with Gasteiger partial charge in [0.15, 0.2) is 5.96 Å². The number of carboxylic acids is 2. The highest BCUT2D eigenvalue weighted by atomic mass is 32.2. The Balaban J connectivity index is 4.95. The third kappa shape index (κ3) is 13.2. The number of rotatable bonds is 16. The second-order valence-electron chi connectivity index (χ2n) is 7.13. The van der Waals surface area contributed by atoms with Gasteiger partial charge in [-0.15, -0.1) is 0 Å². The van der Waals surface area contributed by atoms with Crippen molar-refractivity contribution in [1.82, 2.24) is 16.0 Å². The van der Waals surface area contributed by atoms with E-state index in [-0.39, 0.29) is 18.8 Å². The molecule has 0 heterocycles. The van der Waals surface area contributed by atoms with Crippen LogP contribution in [0.25, 0.3) is 0 Å². The molecule has 0 aromatic heterocycles. The van der Waals surface area contributed by atoms with E-state index in [9.17, 15) is 24.0 Å². The normalized spacial score (nSPS) is 14.2. The molecule has 15 heteroatoms. The predicted octanol–water partition coefficient (Wildman–Crippen LogP) is -2.85. The largest absolute Gasteiger partial charge is 0.481 e. The first-order valence-corrected chi connectivity index (χ1v) is 11.4. The van der Waals surface area contributed by atoms with Crippen molar-refractivity contribution in [2.24, 2.45) is 22.2 Å². The fourth-order valence-electron chi connectivity index (χ4n) is 2.48. The van der Waals surface area contributed by atoms with E-state index in [0.717, 1.165) is 0 Å². The Kier molecular flexibility index (Phi) is 14.2. The monoisotopic (exact) mass is 491 g/mol. The fraction of sp³-hybridized carbons (Fsp3) is 0.667. The summed E-state index contributed by atoms with van der Waals surface area (Å²) in [6, 6.07) is -4.73. The molecule has 0 bridgehead atoms. The summed E-state index contributed by atoms with van der Waals surface area (Å²) in [6.07, 6.45) is 1.83. The van der Waals surface area contributed by atoms with Gasteiger partial charge in [-0.3, -0.25) is 24.2 Å². The minimum absolute atomic E-state index is 0.0731. The molecule has 188 valence electrons. The number of carbonyl (C=O) groups excluding carboxylic acids is 3. The Bertz CT molecular complexity index is 731. The Morgan fingerprint density at radius 2 is 1.55 bits per heavy atom. The van der Waals surface area contributed by atoms with Crippen LogP contribution in [0, 0.1) is 0 Å². The van der Waals surface area contributed by atoms with Gasteiger partial charge in [-0.2, -0.15) is 11.8 Å². The molecule has 0 aromatic rings. The number of carboxylic acid groups (broad SMARTS) is 2. The first kappa shape index (κ1) is 29.9. The van der Waals surface area contributed by atoms with E-state index in [1.54, 1.807) is 6.26 Å². The van der Waals surface area contributed by atoms with Gasteiger partial charge >= 0.3 is 11.9 Å². The van der Waals surface area contributed by atoms with Gasteiger partial charge in [0.1, 0.15) is 18.1 Å². The van der Waals surface area contributed by atoms with Crippen LogP contribution in [-0.2, 0) is 24.0 Å². The van der Waals surface area contributed by atoms with Gasteiger partial charge in [-0.25, -0.2) is 4.79 Å². The van der Waals surface area contributed by atoms with Crippen LogP contribution in [0.4, 0.5) is 0 Å². The van der Waals surface area contributed by atoms with E-state index in [1.807, 2.05) is 0 Å². The van der Waals surface area contributed by atoms with E-state index in [2.05, 4.69) is 20.9 Å². The van der Waals surface area contributed by atoms with Crippen LogP contribution in [0.3, 0.4) is 0 Å². The predicted molar refractivity (Wildman–Crippen MR) is 122 cm³/mol. The minimum atomic E-state index is -1.65.